The van der Waals surface area contributed by atoms with E-state index in [0.29, 0.717) is 45.0 Å². The summed E-state index contributed by atoms with van der Waals surface area (Å²) in [6, 6.07) is 6.52. The van der Waals surface area contributed by atoms with Crippen molar-refractivity contribution in [2.24, 2.45) is 0 Å². The number of piperazine rings is 1. The van der Waals surface area contributed by atoms with Crippen LogP contribution in [0.5, 0.6) is 0 Å². The van der Waals surface area contributed by atoms with Crippen molar-refractivity contribution in [2.45, 2.75) is 26.1 Å². The first kappa shape index (κ1) is 16.0. The van der Waals surface area contributed by atoms with E-state index in [4.69, 9.17) is 0 Å². The molecule has 1 amide bonds. The van der Waals surface area contributed by atoms with Gasteiger partial charge in [-0.05, 0) is 19.1 Å². The van der Waals surface area contributed by atoms with E-state index in [2.05, 4.69) is 15.5 Å². The van der Waals surface area contributed by atoms with E-state index in [9.17, 15) is 9.18 Å². The first-order chi connectivity index (χ1) is 12.1. The summed E-state index contributed by atoms with van der Waals surface area (Å²) >= 11 is 0. The number of carbonyl (C=O) groups excluding carboxylic acids is 1. The third-order valence-corrected chi connectivity index (χ3v) is 4.97. The lowest BCUT2D eigenvalue weighted by molar-refractivity contribution is -0.134. The van der Waals surface area contributed by atoms with Gasteiger partial charge in [0.2, 0.25) is 5.91 Å². The number of carbonyl (C=O) groups is 1. The molecule has 1 unspecified atom stereocenters. The van der Waals surface area contributed by atoms with Crippen LogP contribution >= 0.6 is 0 Å². The summed E-state index contributed by atoms with van der Waals surface area (Å²) in [6.07, 6.45) is 0. The monoisotopic (exact) mass is 344 g/mol. The van der Waals surface area contributed by atoms with Crippen LogP contribution in [-0.4, -0.2) is 57.8 Å². The van der Waals surface area contributed by atoms with Crippen molar-refractivity contribution in [2.75, 3.05) is 31.1 Å². The summed E-state index contributed by atoms with van der Waals surface area (Å²) in [5, 5.41) is 11.4. The Kier molecular flexibility index (Phi) is 4.12. The third kappa shape index (κ3) is 2.97. The number of para-hydroxylation sites is 1. The van der Waals surface area contributed by atoms with Crippen LogP contribution in [0.3, 0.4) is 0 Å². The summed E-state index contributed by atoms with van der Waals surface area (Å²) in [4.78, 5) is 16.7. The van der Waals surface area contributed by atoms with Crippen molar-refractivity contribution >= 4 is 11.6 Å². The number of nitrogens with zero attached hydrogens (tertiary/aromatic N) is 5. The molecule has 1 N–H and O–H groups in total. The minimum atomic E-state index is -0.262. The van der Waals surface area contributed by atoms with Crippen LogP contribution in [0, 0.1) is 12.7 Å². The highest BCUT2D eigenvalue weighted by Crippen LogP contribution is 2.20. The van der Waals surface area contributed by atoms with Gasteiger partial charge in [0.1, 0.15) is 23.5 Å². The minimum Gasteiger partial charge on any atom is -0.366 e. The number of benzene rings is 1. The topological polar surface area (TPSA) is 66.3 Å². The number of amides is 1. The Balaban J connectivity index is 1.39. The number of anilines is 1. The summed E-state index contributed by atoms with van der Waals surface area (Å²) in [6.45, 7) is 5.47. The van der Waals surface area contributed by atoms with Crippen molar-refractivity contribution in [3.8, 4) is 0 Å². The average Bonchev–Trinajstić information content (AvgIpc) is 3.02. The van der Waals surface area contributed by atoms with Crippen LogP contribution in [0.25, 0.3) is 0 Å². The number of aromatic nitrogens is 3. The molecule has 4 rings (SSSR count). The van der Waals surface area contributed by atoms with Gasteiger partial charge < -0.3 is 14.4 Å². The molecule has 0 spiro atoms. The van der Waals surface area contributed by atoms with Crippen molar-refractivity contribution in [1.29, 1.82) is 0 Å². The number of rotatable bonds is 2. The number of nitrogens with one attached hydrogen (secondary N) is 1. The zero-order valence-corrected chi connectivity index (χ0v) is 14.2. The van der Waals surface area contributed by atoms with Crippen LogP contribution in [-0.2, 0) is 17.9 Å². The summed E-state index contributed by atoms with van der Waals surface area (Å²) in [5.41, 5.74) is 0.607. The fourth-order valence-corrected chi connectivity index (χ4v) is 3.52. The molecule has 1 fully saturated rings. The molecule has 25 heavy (non-hydrogen) atoms. The van der Waals surface area contributed by atoms with Gasteiger partial charge in [-0.2, -0.15) is 0 Å². The van der Waals surface area contributed by atoms with Crippen LogP contribution in [0.4, 0.5) is 10.1 Å². The zero-order chi connectivity index (χ0) is 17.4. The number of halogens is 1. The standard InChI is InChI=1S/C17H21FN6O/c1-12-20-21-16-10-19-14(11-24(12)16)17(25)23-8-6-22(7-9-23)15-5-3-2-4-13(15)18/h2-5,14,19H,6-11H2,1H3. The molecule has 2 aliphatic heterocycles. The largest absolute Gasteiger partial charge is 0.366 e. The fraction of sp³-hybridized carbons (Fsp3) is 0.471. The second kappa shape index (κ2) is 6.44. The Morgan fingerprint density at radius 2 is 1.96 bits per heavy atom. The Morgan fingerprint density at radius 1 is 1.20 bits per heavy atom. The predicted molar refractivity (Wildman–Crippen MR) is 90.6 cm³/mol. The van der Waals surface area contributed by atoms with Crippen LogP contribution in [0.15, 0.2) is 24.3 Å². The summed E-state index contributed by atoms with van der Waals surface area (Å²) < 4.78 is 15.9. The van der Waals surface area contributed by atoms with Gasteiger partial charge in [0, 0.05) is 32.7 Å². The summed E-state index contributed by atoms with van der Waals surface area (Å²) in [7, 11) is 0. The second-order valence-electron chi connectivity index (χ2n) is 6.47. The first-order valence-corrected chi connectivity index (χ1v) is 8.54. The molecule has 3 heterocycles. The van der Waals surface area contributed by atoms with Crippen LogP contribution in [0.2, 0.25) is 0 Å². The molecule has 2 aliphatic rings. The van der Waals surface area contributed by atoms with E-state index < -0.39 is 0 Å². The SMILES string of the molecule is Cc1nnc2n1CC(C(=O)N1CCN(c3ccccc3F)CC1)NC2. The van der Waals surface area contributed by atoms with Gasteiger partial charge in [0.15, 0.2) is 0 Å². The molecule has 1 atom stereocenters. The number of hydrogen-bond donors (Lipinski definition) is 1. The molecule has 132 valence electrons. The van der Waals surface area contributed by atoms with E-state index in [1.165, 1.54) is 6.07 Å². The highest BCUT2D eigenvalue weighted by Gasteiger charge is 2.31. The van der Waals surface area contributed by atoms with Gasteiger partial charge in [0.05, 0.1) is 12.2 Å². The van der Waals surface area contributed by atoms with Gasteiger partial charge in [-0.15, -0.1) is 10.2 Å². The molecular formula is C17H21FN6O. The lowest BCUT2D eigenvalue weighted by Crippen LogP contribution is -2.56. The lowest BCUT2D eigenvalue weighted by Gasteiger charge is -2.38. The molecule has 0 aliphatic carbocycles. The van der Waals surface area contributed by atoms with Crippen LogP contribution in [0.1, 0.15) is 11.6 Å². The highest BCUT2D eigenvalue weighted by molar-refractivity contribution is 5.82. The average molecular weight is 344 g/mol. The van der Waals surface area contributed by atoms with Crippen molar-refractivity contribution in [1.82, 2.24) is 25.0 Å². The molecule has 0 radical (unpaired) electrons. The maximum absolute atomic E-state index is 13.9. The molecule has 1 saturated heterocycles. The maximum atomic E-state index is 13.9. The van der Waals surface area contributed by atoms with Crippen molar-refractivity contribution < 1.29 is 9.18 Å². The Hall–Kier alpha value is -2.48. The summed E-state index contributed by atoms with van der Waals surface area (Å²) in [5.74, 6) is 1.57. The van der Waals surface area contributed by atoms with E-state index in [1.807, 2.05) is 27.4 Å². The highest BCUT2D eigenvalue weighted by atomic mass is 19.1. The van der Waals surface area contributed by atoms with E-state index in [-0.39, 0.29) is 17.8 Å². The van der Waals surface area contributed by atoms with Gasteiger partial charge in [0.25, 0.3) is 0 Å². The van der Waals surface area contributed by atoms with E-state index in [0.717, 1.165) is 11.6 Å². The first-order valence-electron chi connectivity index (χ1n) is 8.54. The van der Waals surface area contributed by atoms with Crippen molar-refractivity contribution in [3.63, 3.8) is 0 Å². The van der Waals surface area contributed by atoms with E-state index in [1.54, 1.807) is 12.1 Å². The maximum Gasteiger partial charge on any atom is 0.241 e. The molecule has 8 heteroatoms. The van der Waals surface area contributed by atoms with Gasteiger partial charge in [-0.1, -0.05) is 12.1 Å². The molecule has 0 bridgehead atoms. The Morgan fingerprint density at radius 3 is 2.72 bits per heavy atom. The van der Waals surface area contributed by atoms with Gasteiger partial charge >= 0.3 is 0 Å². The number of aryl methyl sites for hydroxylation is 1. The zero-order valence-electron chi connectivity index (χ0n) is 14.2. The normalized spacial score (nSPS) is 20.5. The molecule has 2 aromatic rings. The van der Waals surface area contributed by atoms with Crippen molar-refractivity contribution in [3.05, 3.63) is 41.7 Å². The third-order valence-electron chi connectivity index (χ3n) is 4.97. The predicted octanol–water partition coefficient (Wildman–Crippen LogP) is 0.546. The van der Waals surface area contributed by atoms with Gasteiger partial charge in [-0.25, -0.2) is 4.39 Å². The molecule has 1 aromatic carbocycles. The Bertz CT molecular complexity index is 783. The molecule has 0 saturated carbocycles. The molecule has 7 nitrogen and oxygen atoms in total. The fourth-order valence-electron chi connectivity index (χ4n) is 3.52. The smallest absolute Gasteiger partial charge is 0.241 e. The van der Waals surface area contributed by atoms with E-state index >= 15 is 0 Å². The minimum absolute atomic E-state index is 0.0898. The van der Waals surface area contributed by atoms with Crippen LogP contribution < -0.4 is 10.2 Å². The number of fused-ring (bicyclic) bond motifs is 1. The molecule has 1 aromatic heterocycles. The lowest BCUT2D eigenvalue weighted by atomic mass is 10.1. The number of hydrogen-bond acceptors (Lipinski definition) is 5. The molecular weight excluding hydrogens is 323 g/mol. The second-order valence-corrected chi connectivity index (χ2v) is 6.47. The quantitative estimate of drug-likeness (QED) is 0.862. The Labute approximate surface area is 145 Å². The van der Waals surface area contributed by atoms with Gasteiger partial charge in [-0.3, -0.25) is 10.1 Å².